The van der Waals surface area contributed by atoms with Crippen LogP contribution in [0.15, 0.2) is 54.6 Å². The van der Waals surface area contributed by atoms with E-state index in [1.54, 1.807) is 0 Å². The highest BCUT2D eigenvalue weighted by molar-refractivity contribution is 6.06. The molecule has 0 unspecified atom stereocenters. The average Bonchev–Trinajstić information content (AvgIpc) is 2.83. The van der Waals surface area contributed by atoms with Crippen molar-refractivity contribution in [1.29, 1.82) is 0 Å². The molecule has 4 rings (SSSR count). The van der Waals surface area contributed by atoms with Gasteiger partial charge in [-0.15, -0.1) is 0 Å². The van der Waals surface area contributed by atoms with Crippen molar-refractivity contribution in [3.8, 4) is 0 Å². The summed E-state index contributed by atoms with van der Waals surface area (Å²) in [4.78, 5) is 26.5. The lowest BCUT2D eigenvalue weighted by Crippen LogP contribution is -2.50. The van der Waals surface area contributed by atoms with Gasteiger partial charge in [-0.25, -0.2) is 0 Å². The predicted molar refractivity (Wildman–Crippen MR) is 133 cm³/mol. The van der Waals surface area contributed by atoms with Crippen LogP contribution >= 0.6 is 0 Å². The van der Waals surface area contributed by atoms with Crippen LogP contribution in [0.3, 0.4) is 0 Å². The normalized spacial score (nSPS) is 16.6. The van der Waals surface area contributed by atoms with Crippen molar-refractivity contribution in [2.45, 2.75) is 64.1 Å². The summed E-state index contributed by atoms with van der Waals surface area (Å²) >= 11 is 0. The summed E-state index contributed by atoms with van der Waals surface area (Å²) in [5.74, 6) is -0.480. The zero-order valence-electron chi connectivity index (χ0n) is 19.8. The summed E-state index contributed by atoms with van der Waals surface area (Å²) in [6.45, 7) is 3.93. The molecule has 2 N–H and O–H groups in total. The van der Waals surface area contributed by atoms with Gasteiger partial charge < -0.3 is 10.1 Å². The molecule has 1 fully saturated rings. The van der Waals surface area contributed by atoms with Gasteiger partial charge in [0.05, 0.1) is 7.11 Å². The molecular weight excluding hydrogens is 412 g/mol. The van der Waals surface area contributed by atoms with Crippen LogP contribution in [0.5, 0.6) is 0 Å². The van der Waals surface area contributed by atoms with Gasteiger partial charge in [0.15, 0.2) is 0 Å². The highest BCUT2D eigenvalue weighted by Crippen LogP contribution is 2.34. The first-order valence-corrected chi connectivity index (χ1v) is 12.0. The maximum absolute atomic E-state index is 13.8. The molecule has 174 valence electrons. The Hall–Kier alpha value is -2.92. The smallest absolute Gasteiger partial charge is 0.323 e. The van der Waals surface area contributed by atoms with E-state index in [4.69, 9.17) is 4.74 Å². The summed E-state index contributed by atoms with van der Waals surface area (Å²) in [5, 5.41) is 10.9. The van der Waals surface area contributed by atoms with Crippen LogP contribution in [-0.2, 0) is 14.3 Å². The molecule has 1 aliphatic carbocycles. The van der Waals surface area contributed by atoms with Crippen molar-refractivity contribution in [1.82, 2.24) is 10.6 Å². The number of esters is 1. The van der Waals surface area contributed by atoms with Crippen LogP contribution in [-0.4, -0.2) is 31.1 Å². The van der Waals surface area contributed by atoms with Crippen LogP contribution < -0.4 is 10.6 Å². The number of benzene rings is 3. The molecule has 3 aromatic carbocycles. The fourth-order valence-electron chi connectivity index (χ4n) is 5.02. The van der Waals surface area contributed by atoms with Gasteiger partial charge in [0.2, 0.25) is 5.91 Å². The molecule has 1 saturated carbocycles. The van der Waals surface area contributed by atoms with Gasteiger partial charge in [0.25, 0.3) is 0 Å². The highest BCUT2D eigenvalue weighted by atomic mass is 16.5. The minimum atomic E-state index is -0.686. The standard InChI is InChI=1S/C28H34N2O3/c1-18(2)25(28(32)33-3)30-26(27(31)29-21-13-5-4-6-14-21)24-22-15-9-7-11-19(22)17-20-12-8-10-16-23(20)24/h7-12,15-18,21,25-26,30H,4-6,13-14H2,1-3H3,(H,29,31)/t25-,26+/m1/s1. The molecule has 0 bridgehead atoms. The summed E-state index contributed by atoms with van der Waals surface area (Å²) in [6.07, 6.45) is 5.49. The summed E-state index contributed by atoms with van der Waals surface area (Å²) in [6, 6.07) is 17.3. The zero-order valence-corrected chi connectivity index (χ0v) is 19.8. The van der Waals surface area contributed by atoms with E-state index >= 15 is 0 Å². The van der Waals surface area contributed by atoms with Gasteiger partial charge >= 0.3 is 5.97 Å². The van der Waals surface area contributed by atoms with E-state index in [1.807, 2.05) is 38.1 Å². The number of ether oxygens (including phenoxy) is 1. The third-order valence-electron chi connectivity index (χ3n) is 6.78. The third-order valence-corrected chi connectivity index (χ3v) is 6.78. The number of carbonyl (C=O) groups excluding carboxylic acids is 2. The molecule has 2 atom stereocenters. The summed E-state index contributed by atoms with van der Waals surface area (Å²) in [5.41, 5.74) is 0.909. The quantitative estimate of drug-likeness (QED) is 0.383. The lowest BCUT2D eigenvalue weighted by atomic mass is 9.89. The van der Waals surface area contributed by atoms with E-state index in [0.717, 1.165) is 52.8 Å². The van der Waals surface area contributed by atoms with Crippen LogP contribution in [0.25, 0.3) is 21.5 Å². The fraction of sp³-hybridized carbons (Fsp3) is 0.429. The molecule has 0 spiro atoms. The SMILES string of the molecule is COC(=O)[C@H](N[C@H](C(=O)NC1CCCCC1)c1c2ccccc2cc2ccccc12)C(C)C. The zero-order chi connectivity index (χ0) is 23.4. The molecule has 0 heterocycles. The molecule has 0 saturated heterocycles. The Balaban J connectivity index is 1.85. The topological polar surface area (TPSA) is 67.4 Å². The first-order valence-electron chi connectivity index (χ1n) is 12.0. The predicted octanol–water partition coefficient (Wildman–Crippen LogP) is 5.27. The maximum Gasteiger partial charge on any atom is 0.323 e. The van der Waals surface area contributed by atoms with Gasteiger partial charge in [-0.05, 0) is 51.9 Å². The Morgan fingerprint density at radius 1 is 0.909 bits per heavy atom. The van der Waals surface area contributed by atoms with Crippen molar-refractivity contribution in [3.63, 3.8) is 0 Å². The van der Waals surface area contributed by atoms with E-state index in [0.29, 0.717) is 0 Å². The van der Waals surface area contributed by atoms with Crippen LogP contribution in [0.4, 0.5) is 0 Å². The van der Waals surface area contributed by atoms with Crippen molar-refractivity contribution in [2.24, 2.45) is 5.92 Å². The first-order chi connectivity index (χ1) is 16.0. The number of fused-ring (bicyclic) bond motifs is 2. The molecule has 1 amide bonds. The lowest BCUT2D eigenvalue weighted by Gasteiger charge is -2.30. The van der Waals surface area contributed by atoms with E-state index in [2.05, 4.69) is 41.0 Å². The fourth-order valence-corrected chi connectivity index (χ4v) is 5.02. The van der Waals surface area contributed by atoms with Gasteiger partial charge in [0, 0.05) is 6.04 Å². The largest absolute Gasteiger partial charge is 0.468 e. The highest BCUT2D eigenvalue weighted by Gasteiger charge is 2.33. The monoisotopic (exact) mass is 446 g/mol. The van der Waals surface area contributed by atoms with Gasteiger partial charge in [0.1, 0.15) is 12.1 Å². The van der Waals surface area contributed by atoms with Crippen molar-refractivity contribution in [2.75, 3.05) is 7.11 Å². The van der Waals surface area contributed by atoms with Crippen molar-refractivity contribution in [3.05, 3.63) is 60.2 Å². The first kappa shape index (κ1) is 23.2. The molecule has 1 aliphatic rings. The number of amides is 1. The van der Waals surface area contributed by atoms with Gasteiger partial charge in [-0.3, -0.25) is 14.9 Å². The Morgan fingerprint density at radius 2 is 1.48 bits per heavy atom. The number of nitrogens with one attached hydrogen (secondary N) is 2. The Kier molecular flexibility index (Phi) is 7.29. The third kappa shape index (κ3) is 5.03. The molecule has 0 aliphatic heterocycles. The van der Waals surface area contributed by atoms with Crippen molar-refractivity contribution < 1.29 is 14.3 Å². The number of hydrogen-bond acceptors (Lipinski definition) is 4. The van der Waals surface area contributed by atoms with E-state index in [9.17, 15) is 9.59 Å². The molecule has 33 heavy (non-hydrogen) atoms. The Labute approximate surface area is 195 Å². The second kappa shape index (κ2) is 10.3. The molecule has 0 aromatic heterocycles. The van der Waals surface area contributed by atoms with E-state index in [-0.39, 0.29) is 23.8 Å². The molecule has 0 radical (unpaired) electrons. The van der Waals surface area contributed by atoms with E-state index in [1.165, 1.54) is 13.5 Å². The van der Waals surface area contributed by atoms with Gasteiger partial charge in [-0.2, -0.15) is 0 Å². The summed E-state index contributed by atoms with van der Waals surface area (Å²) in [7, 11) is 1.39. The van der Waals surface area contributed by atoms with Crippen molar-refractivity contribution >= 4 is 33.4 Å². The van der Waals surface area contributed by atoms with Gasteiger partial charge in [-0.1, -0.05) is 81.6 Å². The molecule has 3 aromatic rings. The summed E-state index contributed by atoms with van der Waals surface area (Å²) < 4.78 is 5.08. The average molecular weight is 447 g/mol. The van der Waals surface area contributed by atoms with Crippen LogP contribution in [0.2, 0.25) is 0 Å². The molecule has 5 nitrogen and oxygen atoms in total. The number of carbonyl (C=O) groups is 2. The second-order valence-corrected chi connectivity index (χ2v) is 9.42. The number of hydrogen-bond donors (Lipinski definition) is 2. The number of methoxy groups -OCH3 is 1. The Bertz CT molecular complexity index is 1080. The molecule has 5 heteroatoms. The van der Waals surface area contributed by atoms with E-state index < -0.39 is 12.1 Å². The minimum absolute atomic E-state index is 0.0383. The molecular formula is C28H34N2O3. The lowest BCUT2D eigenvalue weighted by molar-refractivity contribution is -0.144. The second-order valence-electron chi connectivity index (χ2n) is 9.42. The van der Waals surface area contributed by atoms with Crippen LogP contribution in [0, 0.1) is 5.92 Å². The van der Waals surface area contributed by atoms with Crippen LogP contribution in [0.1, 0.15) is 57.6 Å². The maximum atomic E-state index is 13.8. The minimum Gasteiger partial charge on any atom is -0.468 e. The Morgan fingerprint density at radius 3 is 2.03 bits per heavy atom. The number of rotatable bonds is 7.